The van der Waals surface area contributed by atoms with Crippen molar-refractivity contribution in [2.24, 2.45) is 0 Å². The smallest absolute Gasteiger partial charge is 0.212 e. The summed E-state index contributed by atoms with van der Waals surface area (Å²) in [5, 5.41) is 0. The van der Waals surface area contributed by atoms with E-state index in [9.17, 15) is 16.8 Å². The van der Waals surface area contributed by atoms with Crippen molar-refractivity contribution >= 4 is 20.0 Å². The molecule has 0 fully saturated rings. The average molecular weight is 348 g/mol. The fraction of sp³-hybridized carbons (Fsp3) is 0.571. The molecule has 0 bridgehead atoms. The van der Waals surface area contributed by atoms with E-state index < -0.39 is 25.6 Å². The SMILES string of the molecule is Cc1ccccc1S(=O)(=O)NCCN(C(C)(C)C)S(C)(=O)=O. The molecule has 0 radical (unpaired) electrons. The highest BCUT2D eigenvalue weighted by Crippen LogP contribution is 2.17. The van der Waals surface area contributed by atoms with Crippen molar-refractivity contribution in [3.8, 4) is 0 Å². The Hall–Kier alpha value is -0.960. The first-order chi connectivity index (χ1) is 9.86. The maximum Gasteiger partial charge on any atom is 0.240 e. The van der Waals surface area contributed by atoms with Crippen LogP contribution in [0.4, 0.5) is 0 Å². The minimum Gasteiger partial charge on any atom is -0.212 e. The number of sulfonamides is 2. The van der Waals surface area contributed by atoms with Gasteiger partial charge in [-0.2, -0.15) is 4.31 Å². The molecule has 6 nitrogen and oxygen atoms in total. The lowest BCUT2D eigenvalue weighted by atomic mass is 10.1. The van der Waals surface area contributed by atoms with Gasteiger partial charge in [-0.15, -0.1) is 0 Å². The lowest BCUT2D eigenvalue weighted by Crippen LogP contribution is -2.48. The predicted molar refractivity (Wildman–Crippen MR) is 87.7 cm³/mol. The monoisotopic (exact) mass is 348 g/mol. The van der Waals surface area contributed by atoms with Crippen LogP contribution < -0.4 is 4.72 Å². The molecule has 0 aliphatic rings. The maximum absolute atomic E-state index is 12.3. The van der Waals surface area contributed by atoms with E-state index in [1.54, 1.807) is 45.9 Å². The van der Waals surface area contributed by atoms with Gasteiger partial charge in [-0.05, 0) is 39.3 Å². The number of nitrogens with zero attached hydrogens (tertiary/aromatic N) is 1. The summed E-state index contributed by atoms with van der Waals surface area (Å²) in [7, 11) is -7.06. The zero-order valence-corrected chi connectivity index (χ0v) is 15.3. The van der Waals surface area contributed by atoms with E-state index in [1.165, 1.54) is 10.4 Å². The minimum absolute atomic E-state index is 0.0149. The summed E-state index contributed by atoms with van der Waals surface area (Å²) in [6.45, 7) is 7.11. The summed E-state index contributed by atoms with van der Waals surface area (Å²) in [5.74, 6) is 0. The van der Waals surface area contributed by atoms with Crippen LogP contribution in [0.15, 0.2) is 29.2 Å². The molecule has 0 aliphatic heterocycles. The first-order valence-corrected chi connectivity index (χ1v) is 10.2. The molecule has 0 aliphatic carbocycles. The highest BCUT2D eigenvalue weighted by molar-refractivity contribution is 7.89. The van der Waals surface area contributed by atoms with Gasteiger partial charge in [0.1, 0.15) is 0 Å². The van der Waals surface area contributed by atoms with E-state index in [0.717, 1.165) is 6.26 Å². The van der Waals surface area contributed by atoms with Gasteiger partial charge in [-0.1, -0.05) is 18.2 Å². The molecule has 0 unspecified atom stereocenters. The Balaban J connectivity index is 2.84. The minimum atomic E-state index is -3.65. The molecule has 0 spiro atoms. The predicted octanol–water partition coefficient (Wildman–Crippen LogP) is 1.33. The van der Waals surface area contributed by atoms with Gasteiger partial charge in [-0.25, -0.2) is 21.6 Å². The molecule has 0 atom stereocenters. The lowest BCUT2D eigenvalue weighted by Gasteiger charge is -2.33. The van der Waals surface area contributed by atoms with E-state index in [0.29, 0.717) is 5.56 Å². The summed E-state index contributed by atoms with van der Waals surface area (Å²) in [6, 6.07) is 6.65. The molecule has 0 saturated heterocycles. The van der Waals surface area contributed by atoms with Crippen LogP contribution in [-0.2, 0) is 20.0 Å². The van der Waals surface area contributed by atoms with E-state index in [4.69, 9.17) is 0 Å². The van der Waals surface area contributed by atoms with Crippen LogP contribution in [0.5, 0.6) is 0 Å². The third-order valence-corrected chi connectivity index (χ3v) is 6.29. The first kappa shape index (κ1) is 19.1. The highest BCUT2D eigenvalue weighted by atomic mass is 32.2. The van der Waals surface area contributed by atoms with Crippen molar-refractivity contribution in [1.29, 1.82) is 0 Å². The van der Waals surface area contributed by atoms with Crippen molar-refractivity contribution in [1.82, 2.24) is 9.03 Å². The number of nitrogens with one attached hydrogen (secondary N) is 1. The topological polar surface area (TPSA) is 83.6 Å². The molecule has 8 heteroatoms. The van der Waals surface area contributed by atoms with Gasteiger partial charge in [0.15, 0.2) is 0 Å². The van der Waals surface area contributed by atoms with Gasteiger partial charge in [0.2, 0.25) is 20.0 Å². The number of hydrogen-bond donors (Lipinski definition) is 1. The molecule has 22 heavy (non-hydrogen) atoms. The Bertz CT molecular complexity index is 719. The number of benzene rings is 1. The summed E-state index contributed by atoms with van der Waals surface area (Å²) in [5.41, 5.74) is 0.0348. The number of rotatable bonds is 6. The van der Waals surface area contributed by atoms with E-state index >= 15 is 0 Å². The van der Waals surface area contributed by atoms with E-state index in [1.807, 2.05) is 0 Å². The van der Waals surface area contributed by atoms with Gasteiger partial charge >= 0.3 is 0 Å². The molecule has 1 rings (SSSR count). The second kappa shape index (κ2) is 6.66. The molecular weight excluding hydrogens is 324 g/mol. The third kappa shape index (κ3) is 5.05. The largest absolute Gasteiger partial charge is 0.240 e. The van der Waals surface area contributed by atoms with Gasteiger partial charge in [0.25, 0.3) is 0 Å². The zero-order chi connectivity index (χ0) is 17.2. The van der Waals surface area contributed by atoms with Gasteiger partial charge < -0.3 is 0 Å². The average Bonchev–Trinajstić information content (AvgIpc) is 2.31. The third-order valence-electron chi connectivity index (χ3n) is 3.14. The summed E-state index contributed by atoms with van der Waals surface area (Å²) >= 11 is 0. The van der Waals surface area contributed by atoms with Gasteiger partial charge in [0, 0.05) is 18.6 Å². The van der Waals surface area contributed by atoms with Gasteiger partial charge in [-0.3, -0.25) is 0 Å². The normalized spacial score (nSPS) is 13.5. The Morgan fingerprint density at radius 1 is 1.09 bits per heavy atom. The quantitative estimate of drug-likeness (QED) is 0.841. The number of hydrogen-bond acceptors (Lipinski definition) is 4. The van der Waals surface area contributed by atoms with Crippen molar-refractivity contribution in [3.63, 3.8) is 0 Å². The standard InChI is InChI=1S/C14H24N2O4S2/c1-12-8-6-7-9-13(12)22(19,20)15-10-11-16(14(2,3)4)21(5,17)18/h6-9,15H,10-11H2,1-5H3. The number of aryl methyl sites for hydroxylation is 1. The maximum atomic E-state index is 12.3. The van der Waals surface area contributed by atoms with Crippen molar-refractivity contribution in [2.75, 3.05) is 19.3 Å². The molecule has 1 N–H and O–H groups in total. The van der Waals surface area contributed by atoms with Crippen LogP contribution in [0.25, 0.3) is 0 Å². The molecule has 0 saturated carbocycles. The summed E-state index contributed by atoms with van der Waals surface area (Å²) in [4.78, 5) is 0.205. The molecule has 0 heterocycles. The van der Waals surface area contributed by atoms with Crippen molar-refractivity contribution in [2.45, 2.75) is 38.1 Å². The van der Waals surface area contributed by atoms with Crippen molar-refractivity contribution in [3.05, 3.63) is 29.8 Å². The second-order valence-electron chi connectivity index (χ2n) is 6.17. The second-order valence-corrected chi connectivity index (χ2v) is 9.81. The van der Waals surface area contributed by atoms with E-state index in [2.05, 4.69) is 4.72 Å². The Labute approximate surface area is 133 Å². The van der Waals surface area contributed by atoms with E-state index in [-0.39, 0.29) is 18.0 Å². The van der Waals surface area contributed by atoms with Crippen LogP contribution in [0.3, 0.4) is 0 Å². The van der Waals surface area contributed by atoms with Gasteiger partial charge in [0.05, 0.1) is 11.2 Å². The zero-order valence-electron chi connectivity index (χ0n) is 13.6. The first-order valence-electron chi connectivity index (χ1n) is 6.89. The Morgan fingerprint density at radius 3 is 2.09 bits per heavy atom. The highest BCUT2D eigenvalue weighted by Gasteiger charge is 2.29. The fourth-order valence-electron chi connectivity index (χ4n) is 2.22. The molecule has 0 aromatic heterocycles. The van der Waals surface area contributed by atoms with Crippen LogP contribution in [0, 0.1) is 6.92 Å². The fourth-order valence-corrected chi connectivity index (χ4v) is 4.90. The van der Waals surface area contributed by atoms with Crippen molar-refractivity contribution < 1.29 is 16.8 Å². The molecule has 126 valence electrons. The van der Waals surface area contributed by atoms with Crippen LogP contribution >= 0.6 is 0 Å². The molecule has 0 amide bonds. The van der Waals surface area contributed by atoms with Crippen LogP contribution in [-0.4, -0.2) is 46.0 Å². The Kier molecular flexibility index (Phi) is 5.77. The lowest BCUT2D eigenvalue weighted by molar-refractivity contribution is 0.254. The van der Waals surface area contributed by atoms with Crippen LogP contribution in [0.2, 0.25) is 0 Å². The summed E-state index contributed by atoms with van der Waals surface area (Å²) in [6.07, 6.45) is 1.12. The summed E-state index contributed by atoms with van der Waals surface area (Å²) < 4.78 is 51.9. The molecule has 1 aromatic rings. The Morgan fingerprint density at radius 2 is 1.64 bits per heavy atom. The van der Waals surface area contributed by atoms with Crippen LogP contribution in [0.1, 0.15) is 26.3 Å². The molecule has 1 aromatic carbocycles. The molecular formula is C14H24N2O4S2.